The van der Waals surface area contributed by atoms with E-state index in [2.05, 4.69) is 10.3 Å². The number of rotatable bonds is 3. The highest BCUT2D eigenvalue weighted by Crippen LogP contribution is 2.33. The Morgan fingerprint density at radius 2 is 2.04 bits per heavy atom. The van der Waals surface area contributed by atoms with Gasteiger partial charge in [-0.3, -0.25) is 9.78 Å². The highest BCUT2D eigenvalue weighted by atomic mass is 32.2. The van der Waals surface area contributed by atoms with Gasteiger partial charge >= 0.3 is 0 Å². The first-order valence-corrected chi connectivity index (χ1v) is 8.97. The number of carbonyl (C=O) groups is 1. The van der Waals surface area contributed by atoms with Crippen molar-refractivity contribution in [2.24, 2.45) is 0 Å². The number of carbonyl (C=O) groups excluding carboxylic acids is 1. The summed E-state index contributed by atoms with van der Waals surface area (Å²) in [6.45, 7) is 3.70. The van der Waals surface area contributed by atoms with Gasteiger partial charge in [-0.15, -0.1) is 0 Å². The highest BCUT2D eigenvalue weighted by Gasteiger charge is 2.45. The largest absolute Gasteiger partial charge is 0.494 e. The lowest BCUT2D eigenvalue weighted by molar-refractivity contribution is -0.131. The molecule has 1 aromatic carbocycles. The third-order valence-electron chi connectivity index (χ3n) is 4.26. The zero-order chi connectivity index (χ0) is 17.5. The van der Waals surface area contributed by atoms with Crippen molar-refractivity contribution in [3.8, 4) is 5.75 Å². The smallest absolute Gasteiger partial charge is 0.244 e. The van der Waals surface area contributed by atoms with E-state index in [0.717, 1.165) is 0 Å². The number of benzene rings is 1. The third-order valence-corrected chi connectivity index (χ3v) is 6.39. The Morgan fingerprint density at radius 1 is 1.29 bits per heavy atom. The molecular weight excluding hydrogens is 330 g/mol. The van der Waals surface area contributed by atoms with Gasteiger partial charge in [0, 0.05) is 24.7 Å². The average molecular weight is 349 g/mol. The number of amides is 1. The number of pyridine rings is 1. The molecule has 3 rings (SSSR count). The van der Waals surface area contributed by atoms with Gasteiger partial charge in [-0.05, 0) is 38.1 Å². The van der Waals surface area contributed by atoms with Gasteiger partial charge in [0.25, 0.3) is 0 Å². The molecule has 1 fully saturated rings. The summed E-state index contributed by atoms with van der Waals surface area (Å²) in [6.07, 6.45) is 1.58. The molecule has 0 unspecified atom stereocenters. The van der Waals surface area contributed by atoms with Crippen LogP contribution in [0.1, 0.15) is 13.8 Å². The predicted octanol–water partition coefficient (Wildman–Crippen LogP) is 1.14. The molecule has 1 amide bonds. The lowest BCUT2D eigenvalue weighted by Gasteiger charge is -2.40. The summed E-state index contributed by atoms with van der Waals surface area (Å²) in [5.74, 6) is 0.188. The number of piperazine rings is 1. The van der Waals surface area contributed by atoms with E-state index in [-0.39, 0.29) is 23.9 Å². The molecule has 1 aliphatic heterocycles. The SMILES string of the molecule is COc1ccc(S(=O)(=O)N2CCNC(=O)C2(C)C)c2cccnc12. The summed E-state index contributed by atoms with van der Waals surface area (Å²) in [4.78, 5) is 16.5. The molecule has 7 nitrogen and oxygen atoms in total. The Morgan fingerprint density at radius 3 is 2.75 bits per heavy atom. The number of ether oxygens (including phenoxy) is 1. The molecule has 1 saturated heterocycles. The molecule has 1 aliphatic rings. The molecule has 0 atom stereocenters. The molecule has 0 aliphatic carbocycles. The first kappa shape index (κ1) is 16.7. The standard InChI is InChI=1S/C16H19N3O4S/c1-16(2)15(20)18-9-10-19(16)24(21,22)13-7-6-12(23-3)14-11(13)5-4-8-17-14/h4-8H,9-10H2,1-3H3,(H,18,20). The Kier molecular flexibility index (Phi) is 3.97. The van der Waals surface area contributed by atoms with Crippen LogP contribution in [0.3, 0.4) is 0 Å². The van der Waals surface area contributed by atoms with Crippen molar-refractivity contribution in [3.05, 3.63) is 30.5 Å². The predicted molar refractivity (Wildman–Crippen MR) is 89.3 cm³/mol. The molecule has 1 N–H and O–H groups in total. The van der Waals surface area contributed by atoms with Gasteiger partial charge in [-0.25, -0.2) is 8.42 Å². The van der Waals surface area contributed by atoms with E-state index >= 15 is 0 Å². The molecule has 0 spiro atoms. The number of nitrogens with zero attached hydrogens (tertiary/aromatic N) is 2. The Hall–Kier alpha value is -2.19. The van der Waals surface area contributed by atoms with Crippen molar-refractivity contribution in [2.45, 2.75) is 24.3 Å². The van der Waals surface area contributed by atoms with E-state index in [1.807, 2.05) is 0 Å². The molecule has 1 aromatic heterocycles. The fraction of sp³-hybridized carbons (Fsp3) is 0.375. The second-order valence-electron chi connectivity index (χ2n) is 6.06. The van der Waals surface area contributed by atoms with Gasteiger partial charge in [-0.1, -0.05) is 0 Å². The Balaban J connectivity index is 2.21. The number of nitrogens with one attached hydrogen (secondary N) is 1. The van der Waals surface area contributed by atoms with Crippen LogP contribution in [-0.2, 0) is 14.8 Å². The summed E-state index contributed by atoms with van der Waals surface area (Å²) >= 11 is 0. The van der Waals surface area contributed by atoms with Gasteiger partial charge in [0.1, 0.15) is 16.8 Å². The van der Waals surface area contributed by atoms with Crippen molar-refractivity contribution in [2.75, 3.05) is 20.2 Å². The molecule has 2 heterocycles. The summed E-state index contributed by atoms with van der Waals surface area (Å²) in [5.41, 5.74) is -0.689. The van der Waals surface area contributed by atoms with Crippen LogP contribution < -0.4 is 10.1 Å². The number of hydrogen-bond acceptors (Lipinski definition) is 5. The van der Waals surface area contributed by atoms with Crippen LogP contribution in [0.2, 0.25) is 0 Å². The van der Waals surface area contributed by atoms with Crippen LogP contribution in [0.5, 0.6) is 5.75 Å². The molecule has 128 valence electrons. The van der Waals surface area contributed by atoms with Crippen LogP contribution in [-0.4, -0.2) is 49.4 Å². The Labute approximate surface area is 140 Å². The maximum absolute atomic E-state index is 13.2. The molecule has 2 aromatic rings. The topological polar surface area (TPSA) is 88.6 Å². The maximum Gasteiger partial charge on any atom is 0.244 e. The number of methoxy groups -OCH3 is 1. The lowest BCUT2D eigenvalue weighted by atomic mass is 10.0. The number of fused-ring (bicyclic) bond motifs is 1. The fourth-order valence-corrected chi connectivity index (χ4v) is 4.87. The molecule has 24 heavy (non-hydrogen) atoms. The van der Waals surface area contributed by atoms with E-state index in [0.29, 0.717) is 16.7 Å². The van der Waals surface area contributed by atoms with Crippen LogP contribution >= 0.6 is 0 Å². The Bertz CT molecular complexity index is 909. The lowest BCUT2D eigenvalue weighted by Crippen LogP contribution is -2.63. The van der Waals surface area contributed by atoms with Crippen molar-refractivity contribution < 1.29 is 17.9 Å². The van der Waals surface area contributed by atoms with E-state index in [9.17, 15) is 13.2 Å². The second kappa shape index (κ2) is 5.71. The molecule has 8 heteroatoms. The molecule has 0 bridgehead atoms. The average Bonchev–Trinajstić information content (AvgIpc) is 2.55. The third kappa shape index (κ3) is 2.42. The minimum Gasteiger partial charge on any atom is -0.494 e. The van der Waals surface area contributed by atoms with Gasteiger partial charge < -0.3 is 10.1 Å². The number of hydrogen-bond donors (Lipinski definition) is 1. The van der Waals surface area contributed by atoms with Gasteiger partial charge in [0.05, 0.1) is 12.0 Å². The molecule has 0 radical (unpaired) electrons. The minimum absolute atomic E-state index is 0.120. The zero-order valence-electron chi connectivity index (χ0n) is 13.7. The van der Waals surface area contributed by atoms with E-state index in [1.165, 1.54) is 17.5 Å². The van der Waals surface area contributed by atoms with Crippen molar-refractivity contribution in [1.29, 1.82) is 0 Å². The van der Waals surface area contributed by atoms with Crippen LogP contribution in [0.25, 0.3) is 10.9 Å². The minimum atomic E-state index is -3.88. The van der Waals surface area contributed by atoms with E-state index < -0.39 is 15.6 Å². The fourth-order valence-electron chi connectivity index (χ4n) is 2.93. The summed E-state index contributed by atoms with van der Waals surface area (Å²) in [7, 11) is -2.37. The van der Waals surface area contributed by atoms with E-state index in [1.54, 1.807) is 38.2 Å². The van der Waals surface area contributed by atoms with Crippen molar-refractivity contribution >= 4 is 26.8 Å². The number of aromatic nitrogens is 1. The normalized spacial score (nSPS) is 18.4. The van der Waals surface area contributed by atoms with E-state index in [4.69, 9.17) is 4.74 Å². The summed E-state index contributed by atoms with van der Waals surface area (Å²) < 4.78 is 33.0. The van der Waals surface area contributed by atoms with Crippen molar-refractivity contribution in [1.82, 2.24) is 14.6 Å². The maximum atomic E-state index is 13.2. The van der Waals surface area contributed by atoms with Gasteiger partial charge in [0.15, 0.2) is 0 Å². The van der Waals surface area contributed by atoms with Crippen LogP contribution in [0.15, 0.2) is 35.4 Å². The summed E-state index contributed by atoms with van der Waals surface area (Å²) in [5, 5.41) is 3.17. The van der Waals surface area contributed by atoms with Crippen LogP contribution in [0.4, 0.5) is 0 Å². The van der Waals surface area contributed by atoms with Gasteiger partial charge in [0.2, 0.25) is 15.9 Å². The first-order chi connectivity index (χ1) is 11.3. The van der Waals surface area contributed by atoms with Crippen LogP contribution in [0, 0.1) is 0 Å². The zero-order valence-corrected chi connectivity index (χ0v) is 14.6. The second-order valence-corrected chi connectivity index (χ2v) is 7.89. The first-order valence-electron chi connectivity index (χ1n) is 7.53. The monoisotopic (exact) mass is 349 g/mol. The summed E-state index contributed by atoms with van der Waals surface area (Å²) in [6, 6.07) is 6.45. The molecular formula is C16H19N3O4S. The number of sulfonamides is 1. The van der Waals surface area contributed by atoms with Gasteiger partial charge in [-0.2, -0.15) is 4.31 Å². The van der Waals surface area contributed by atoms with Crippen molar-refractivity contribution in [3.63, 3.8) is 0 Å². The molecule has 0 saturated carbocycles. The highest BCUT2D eigenvalue weighted by molar-refractivity contribution is 7.89. The quantitative estimate of drug-likeness (QED) is 0.898.